The van der Waals surface area contributed by atoms with Gasteiger partial charge in [0.25, 0.3) is 5.91 Å². The van der Waals surface area contributed by atoms with Gasteiger partial charge in [0, 0.05) is 38.8 Å². The number of carbonyl (C=O) groups is 2. The summed E-state index contributed by atoms with van der Waals surface area (Å²) in [5.41, 5.74) is 0. The summed E-state index contributed by atoms with van der Waals surface area (Å²) in [7, 11) is 2.10. The molecular weight excluding hydrogens is 296 g/mol. The highest BCUT2D eigenvalue weighted by molar-refractivity contribution is 5.91. The van der Waals surface area contributed by atoms with Crippen LogP contribution in [-0.4, -0.2) is 79.0 Å². The number of likely N-dealkylation sites (tertiary alicyclic amines) is 1. The van der Waals surface area contributed by atoms with Crippen molar-refractivity contribution in [2.24, 2.45) is 0 Å². The van der Waals surface area contributed by atoms with E-state index < -0.39 is 0 Å². The van der Waals surface area contributed by atoms with Crippen molar-refractivity contribution in [2.45, 2.75) is 18.9 Å². The first-order chi connectivity index (χ1) is 11.1. The van der Waals surface area contributed by atoms with Crippen molar-refractivity contribution in [1.29, 1.82) is 0 Å². The van der Waals surface area contributed by atoms with Gasteiger partial charge in [-0.2, -0.15) is 0 Å². The molecule has 1 atom stereocenters. The molecule has 3 heterocycles. The fraction of sp³-hybridized carbons (Fsp3) is 0.625. The maximum Gasteiger partial charge on any atom is 0.317 e. The maximum atomic E-state index is 12.2. The van der Waals surface area contributed by atoms with Crippen LogP contribution >= 0.6 is 0 Å². The molecule has 2 aliphatic rings. The molecule has 1 aromatic rings. The van der Waals surface area contributed by atoms with Crippen LogP contribution in [0.25, 0.3) is 0 Å². The monoisotopic (exact) mass is 320 g/mol. The van der Waals surface area contributed by atoms with Gasteiger partial charge in [-0.15, -0.1) is 0 Å². The number of carbonyl (C=O) groups excluding carboxylic acids is 2. The van der Waals surface area contributed by atoms with Gasteiger partial charge in [-0.25, -0.2) is 4.79 Å². The molecule has 7 heteroatoms. The van der Waals surface area contributed by atoms with Gasteiger partial charge in [-0.3, -0.25) is 4.79 Å². The summed E-state index contributed by atoms with van der Waals surface area (Å²) in [6.07, 6.45) is 3.84. The largest absolute Gasteiger partial charge is 0.459 e. The van der Waals surface area contributed by atoms with E-state index in [-0.39, 0.29) is 11.9 Å². The van der Waals surface area contributed by atoms with Gasteiger partial charge in [-0.1, -0.05) is 0 Å². The first-order valence-electron chi connectivity index (χ1n) is 8.21. The quantitative estimate of drug-likeness (QED) is 0.896. The molecule has 126 valence electrons. The van der Waals surface area contributed by atoms with Crippen LogP contribution in [-0.2, 0) is 0 Å². The number of amides is 3. The lowest BCUT2D eigenvalue weighted by Gasteiger charge is -2.34. The van der Waals surface area contributed by atoms with Crippen LogP contribution in [0.3, 0.4) is 0 Å². The van der Waals surface area contributed by atoms with E-state index in [0.29, 0.717) is 44.5 Å². The van der Waals surface area contributed by atoms with E-state index in [0.717, 1.165) is 13.0 Å². The number of piperazine rings is 1. The lowest BCUT2D eigenvalue weighted by molar-refractivity contribution is 0.0633. The summed E-state index contributed by atoms with van der Waals surface area (Å²) in [4.78, 5) is 30.2. The van der Waals surface area contributed by atoms with Crippen LogP contribution in [0.4, 0.5) is 4.79 Å². The fourth-order valence-corrected chi connectivity index (χ4v) is 3.22. The fourth-order valence-electron chi connectivity index (χ4n) is 3.22. The number of urea groups is 1. The van der Waals surface area contributed by atoms with E-state index in [1.165, 1.54) is 12.7 Å². The molecule has 0 radical (unpaired) electrons. The first kappa shape index (κ1) is 15.9. The summed E-state index contributed by atoms with van der Waals surface area (Å²) < 4.78 is 5.14. The van der Waals surface area contributed by atoms with Crippen molar-refractivity contribution in [3.8, 4) is 0 Å². The van der Waals surface area contributed by atoms with Crippen LogP contribution < -0.4 is 5.32 Å². The van der Waals surface area contributed by atoms with Crippen molar-refractivity contribution >= 4 is 11.9 Å². The Balaban J connectivity index is 1.43. The molecule has 3 amide bonds. The zero-order valence-corrected chi connectivity index (χ0v) is 13.5. The molecule has 0 aromatic carbocycles. The second kappa shape index (κ2) is 7.04. The van der Waals surface area contributed by atoms with Crippen LogP contribution in [0.15, 0.2) is 22.8 Å². The number of nitrogens with zero attached hydrogens (tertiary/aromatic N) is 3. The number of hydrogen-bond donors (Lipinski definition) is 1. The van der Waals surface area contributed by atoms with E-state index in [2.05, 4.69) is 17.3 Å². The molecule has 0 spiro atoms. The zero-order valence-electron chi connectivity index (χ0n) is 13.5. The summed E-state index contributed by atoms with van der Waals surface area (Å²) in [6, 6.07) is 3.78. The van der Waals surface area contributed by atoms with Crippen molar-refractivity contribution in [3.63, 3.8) is 0 Å². The Morgan fingerprint density at radius 1 is 1.22 bits per heavy atom. The Morgan fingerprint density at radius 2 is 1.96 bits per heavy atom. The third-order valence-corrected chi connectivity index (χ3v) is 4.75. The Morgan fingerprint density at radius 3 is 2.57 bits per heavy atom. The molecule has 2 fully saturated rings. The topological polar surface area (TPSA) is 69.0 Å². The lowest BCUT2D eigenvalue weighted by Crippen LogP contribution is -2.54. The molecule has 2 saturated heterocycles. The molecule has 3 rings (SSSR count). The molecule has 7 nitrogen and oxygen atoms in total. The molecule has 23 heavy (non-hydrogen) atoms. The summed E-state index contributed by atoms with van der Waals surface area (Å²) in [5.74, 6) is 0.245. The van der Waals surface area contributed by atoms with E-state index in [1.807, 2.05) is 0 Å². The van der Waals surface area contributed by atoms with Crippen LogP contribution in [0.2, 0.25) is 0 Å². The lowest BCUT2D eigenvalue weighted by atomic mass is 10.2. The Kier molecular flexibility index (Phi) is 4.85. The third kappa shape index (κ3) is 3.67. The molecule has 2 aliphatic heterocycles. The normalized spacial score (nSPS) is 22.4. The first-order valence-corrected chi connectivity index (χ1v) is 8.21. The zero-order chi connectivity index (χ0) is 16.2. The van der Waals surface area contributed by atoms with Gasteiger partial charge >= 0.3 is 6.03 Å². The Hall–Kier alpha value is -2.02. The smallest absolute Gasteiger partial charge is 0.317 e. The van der Waals surface area contributed by atoms with E-state index in [4.69, 9.17) is 4.42 Å². The minimum Gasteiger partial charge on any atom is -0.459 e. The highest BCUT2D eigenvalue weighted by Crippen LogP contribution is 2.14. The number of likely N-dealkylation sites (N-methyl/N-ethyl adjacent to an activating group) is 1. The highest BCUT2D eigenvalue weighted by atomic mass is 16.3. The Bertz CT molecular complexity index is 538. The standard InChI is InChI=1S/C16H24N4O3/c1-18-6-2-4-13(18)12-17-16(22)20-9-7-19(8-10-20)15(21)14-5-3-11-23-14/h3,5,11,13H,2,4,6-10,12H2,1H3,(H,17,22). The molecule has 0 bridgehead atoms. The number of nitrogens with one attached hydrogen (secondary N) is 1. The number of furan rings is 1. The molecule has 1 unspecified atom stereocenters. The molecular formula is C16H24N4O3. The second-order valence-corrected chi connectivity index (χ2v) is 6.22. The average molecular weight is 320 g/mol. The van der Waals surface area contributed by atoms with Crippen molar-refractivity contribution < 1.29 is 14.0 Å². The SMILES string of the molecule is CN1CCCC1CNC(=O)N1CCN(C(=O)c2ccco2)CC1. The Labute approximate surface area is 136 Å². The van der Waals surface area contributed by atoms with E-state index in [1.54, 1.807) is 21.9 Å². The number of rotatable bonds is 3. The summed E-state index contributed by atoms with van der Waals surface area (Å²) >= 11 is 0. The van der Waals surface area contributed by atoms with Gasteiger partial charge in [0.1, 0.15) is 0 Å². The number of hydrogen-bond acceptors (Lipinski definition) is 4. The van der Waals surface area contributed by atoms with Gasteiger partial charge in [-0.05, 0) is 38.6 Å². The van der Waals surface area contributed by atoms with Gasteiger partial charge < -0.3 is 24.4 Å². The molecule has 1 aromatic heterocycles. The summed E-state index contributed by atoms with van der Waals surface area (Å²) in [6.45, 7) is 3.99. The van der Waals surface area contributed by atoms with Crippen LogP contribution in [0, 0.1) is 0 Å². The third-order valence-electron chi connectivity index (χ3n) is 4.75. The minimum absolute atomic E-state index is 0.0320. The molecule has 0 aliphatic carbocycles. The predicted molar refractivity (Wildman–Crippen MR) is 85.2 cm³/mol. The summed E-state index contributed by atoms with van der Waals surface area (Å²) in [5, 5.41) is 3.02. The van der Waals surface area contributed by atoms with Crippen molar-refractivity contribution in [2.75, 3.05) is 46.3 Å². The van der Waals surface area contributed by atoms with Crippen molar-refractivity contribution in [3.05, 3.63) is 24.2 Å². The predicted octanol–water partition coefficient (Wildman–Crippen LogP) is 0.841. The average Bonchev–Trinajstić information content (AvgIpc) is 3.24. The second-order valence-electron chi connectivity index (χ2n) is 6.22. The minimum atomic E-state index is -0.109. The van der Waals surface area contributed by atoms with Crippen LogP contribution in [0.5, 0.6) is 0 Å². The maximum absolute atomic E-state index is 12.2. The van der Waals surface area contributed by atoms with E-state index >= 15 is 0 Å². The van der Waals surface area contributed by atoms with Gasteiger partial charge in [0.05, 0.1) is 6.26 Å². The van der Waals surface area contributed by atoms with Gasteiger partial charge in [0.2, 0.25) is 0 Å². The van der Waals surface area contributed by atoms with Crippen LogP contribution in [0.1, 0.15) is 23.4 Å². The van der Waals surface area contributed by atoms with Gasteiger partial charge in [0.15, 0.2) is 5.76 Å². The molecule has 1 N–H and O–H groups in total. The van der Waals surface area contributed by atoms with E-state index in [9.17, 15) is 9.59 Å². The van der Waals surface area contributed by atoms with Crippen molar-refractivity contribution in [1.82, 2.24) is 20.0 Å². The highest BCUT2D eigenvalue weighted by Gasteiger charge is 2.27. The molecule has 0 saturated carbocycles.